The van der Waals surface area contributed by atoms with Crippen LogP contribution in [0.15, 0.2) is 29.2 Å². The Morgan fingerprint density at radius 1 is 1.46 bits per heavy atom. The summed E-state index contributed by atoms with van der Waals surface area (Å²) in [5.41, 5.74) is 4.16. The molecule has 0 fully saturated rings. The van der Waals surface area contributed by atoms with Crippen molar-refractivity contribution in [2.24, 2.45) is 0 Å². The van der Waals surface area contributed by atoms with Crippen LogP contribution in [0.25, 0.3) is 0 Å². The minimum absolute atomic E-state index is 0.836. The Labute approximate surface area is 80.8 Å². The Bertz CT molecular complexity index is 291. The zero-order valence-electron chi connectivity index (χ0n) is 7.16. The SMILES string of the molecule is c1c[nH]c(CNCc2cscn2)c1. The van der Waals surface area contributed by atoms with E-state index in [9.17, 15) is 0 Å². The first-order valence-electron chi connectivity index (χ1n) is 4.15. The van der Waals surface area contributed by atoms with E-state index in [1.54, 1.807) is 11.3 Å². The van der Waals surface area contributed by atoms with Gasteiger partial charge in [0.05, 0.1) is 11.2 Å². The van der Waals surface area contributed by atoms with Crippen molar-refractivity contribution in [2.75, 3.05) is 0 Å². The topological polar surface area (TPSA) is 40.7 Å². The fourth-order valence-electron chi connectivity index (χ4n) is 1.13. The molecule has 0 aliphatic carbocycles. The first-order chi connectivity index (χ1) is 6.45. The van der Waals surface area contributed by atoms with Crippen molar-refractivity contribution < 1.29 is 0 Å². The molecule has 0 unspecified atom stereocenters. The summed E-state index contributed by atoms with van der Waals surface area (Å²) in [6, 6.07) is 4.06. The van der Waals surface area contributed by atoms with Crippen LogP contribution in [-0.2, 0) is 13.1 Å². The fraction of sp³-hybridized carbons (Fsp3) is 0.222. The van der Waals surface area contributed by atoms with E-state index in [1.807, 2.05) is 17.8 Å². The summed E-state index contributed by atoms with van der Waals surface area (Å²) >= 11 is 1.63. The lowest BCUT2D eigenvalue weighted by atomic mass is 10.4. The molecule has 0 amide bonds. The highest BCUT2D eigenvalue weighted by molar-refractivity contribution is 7.07. The zero-order valence-corrected chi connectivity index (χ0v) is 7.97. The second kappa shape index (κ2) is 4.20. The molecule has 0 spiro atoms. The second-order valence-corrected chi connectivity index (χ2v) is 3.50. The third kappa shape index (κ3) is 2.40. The van der Waals surface area contributed by atoms with E-state index in [4.69, 9.17) is 0 Å². The van der Waals surface area contributed by atoms with Crippen LogP contribution < -0.4 is 5.32 Å². The highest BCUT2D eigenvalue weighted by Gasteiger charge is 1.94. The number of hydrogen-bond donors (Lipinski definition) is 2. The summed E-state index contributed by atoms with van der Waals surface area (Å²) in [4.78, 5) is 7.32. The molecule has 2 aromatic rings. The van der Waals surface area contributed by atoms with Gasteiger partial charge in [-0.15, -0.1) is 11.3 Å². The third-order valence-corrected chi connectivity index (χ3v) is 2.40. The summed E-state index contributed by atoms with van der Waals surface area (Å²) in [6.45, 7) is 1.70. The minimum Gasteiger partial charge on any atom is -0.364 e. The van der Waals surface area contributed by atoms with Gasteiger partial charge in [-0.25, -0.2) is 4.98 Å². The second-order valence-electron chi connectivity index (χ2n) is 2.78. The van der Waals surface area contributed by atoms with Gasteiger partial charge in [-0.3, -0.25) is 0 Å². The molecule has 0 radical (unpaired) electrons. The molecule has 0 bridgehead atoms. The molecule has 2 N–H and O–H groups in total. The van der Waals surface area contributed by atoms with Crippen molar-refractivity contribution >= 4 is 11.3 Å². The fourth-order valence-corrected chi connectivity index (χ4v) is 1.69. The Morgan fingerprint density at radius 3 is 3.15 bits per heavy atom. The van der Waals surface area contributed by atoms with Crippen LogP contribution >= 0.6 is 11.3 Å². The summed E-state index contributed by atoms with van der Waals surface area (Å²) in [5.74, 6) is 0. The molecule has 0 aliphatic rings. The molecule has 0 saturated carbocycles. The van der Waals surface area contributed by atoms with Gasteiger partial charge >= 0.3 is 0 Å². The number of aromatic amines is 1. The summed E-state index contributed by atoms with van der Waals surface area (Å²) < 4.78 is 0. The molecular formula is C9H11N3S. The van der Waals surface area contributed by atoms with E-state index in [1.165, 1.54) is 5.69 Å². The van der Waals surface area contributed by atoms with E-state index >= 15 is 0 Å². The van der Waals surface area contributed by atoms with Crippen LogP contribution in [0.2, 0.25) is 0 Å². The smallest absolute Gasteiger partial charge is 0.0795 e. The number of hydrogen-bond acceptors (Lipinski definition) is 3. The Balaban J connectivity index is 1.76. The molecule has 0 aromatic carbocycles. The lowest BCUT2D eigenvalue weighted by Crippen LogP contribution is -2.12. The molecule has 2 aromatic heterocycles. The largest absolute Gasteiger partial charge is 0.364 e. The number of rotatable bonds is 4. The molecular weight excluding hydrogens is 182 g/mol. The van der Waals surface area contributed by atoms with E-state index in [0.29, 0.717) is 0 Å². The van der Waals surface area contributed by atoms with Gasteiger partial charge in [0.15, 0.2) is 0 Å². The van der Waals surface area contributed by atoms with Crippen LogP contribution in [0.3, 0.4) is 0 Å². The first kappa shape index (κ1) is 8.47. The maximum absolute atomic E-state index is 4.18. The first-order valence-corrected chi connectivity index (χ1v) is 5.09. The summed E-state index contributed by atoms with van der Waals surface area (Å²) in [6.07, 6.45) is 1.93. The molecule has 2 rings (SSSR count). The zero-order chi connectivity index (χ0) is 8.93. The number of nitrogens with one attached hydrogen (secondary N) is 2. The van der Waals surface area contributed by atoms with E-state index in [2.05, 4.69) is 26.7 Å². The number of H-pyrrole nitrogens is 1. The van der Waals surface area contributed by atoms with Crippen molar-refractivity contribution in [3.63, 3.8) is 0 Å². The highest BCUT2D eigenvalue weighted by atomic mass is 32.1. The van der Waals surface area contributed by atoms with Crippen molar-refractivity contribution in [2.45, 2.75) is 13.1 Å². The van der Waals surface area contributed by atoms with Crippen LogP contribution in [-0.4, -0.2) is 9.97 Å². The van der Waals surface area contributed by atoms with Crippen molar-refractivity contribution in [1.29, 1.82) is 0 Å². The molecule has 3 nitrogen and oxygen atoms in total. The van der Waals surface area contributed by atoms with Gasteiger partial charge in [0.25, 0.3) is 0 Å². The number of thiazole rings is 1. The van der Waals surface area contributed by atoms with E-state index in [0.717, 1.165) is 18.8 Å². The summed E-state index contributed by atoms with van der Waals surface area (Å²) in [7, 11) is 0. The monoisotopic (exact) mass is 193 g/mol. The Kier molecular flexibility index (Phi) is 2.74. The standard InChI is InChI=1S/C9H11N3S/c1-2-8(11-3-1)4-10-5-9-6-13-7-12-9/h1-3,6-7,10-11H,4-5H2. The maximum atomic E-state index is 4.18. The maximum Gasteiger partial charge on any atom is 0.0795 e. The predicted molar refractivity (Wildman–Crippen MR) is 53.5 cm³/mol. The van der Waals surface area contributed by atoms with Gasteiger partial charge in [-0.1, -0.05) is 0 Å². The minimum atomic E-state index is 0.836. The molecule has 4 heteroatoms. The van der Waals surface area contributed by atoms with Gasteiger partial charge in [0.1, 0.15) is 0 Å². The van der Waals surface area contributed by atoms with E-state index < -0.39 is 0 Å². The lowest BCUT2D eigenvalue weighted by Gasteiger charge is -1.99. The highest BCUT2D eigenvalue weighted by Crippen LogP contribution is 2.00. The van der Waals surface area contributed by atoms with Gasteiger partial charge in [0.2, 0.25) is 0 Å². The Morgan fingerprint density at radius 2 is 2.46 bits per heavy atom. The normalized spacial score (nSPS) is 10.5. The molecule has 0 saturated heterocycles. The molecule has 0 atom stereocenters. The third-order valence-electron chi connectivity index (χ3n) is 1.77. The average Bonchev–Trinajstić information content (AvgIpc) is 2.75. The van der Waals surface area contributed by atoms with Crippen LogP contribution in [0.5, 0.6) is 0 Å². The molecule has 2 heterocycles. The van der Waals surface area contributed by atoms with Crippen LogP contribution in [0.1, 0.15) is 11.4 Å². The van der Waals surface area contributed by atoms with Crippen LogP contribution in [0, 0.1) is 0 Å². The quantitative estimate of drug-likeness (QED) is 0.776. The number of nitrogens with zero attached hydrogens (tertiary/aromatic N) is 1. The molecule has 0 aliphatic heterocycles. The van der Waals surface area contributed by atoms with E-state index in [-0.39, 0.29) is 0 Å². The summed E-state index contributed by atoms with van der Waals surface area (Å²) in [5, 5.41) is 5.36. The predicted octanol–water partition coefficient (Wildman–Crippen LogP) is 1.76. The van der Waals surface area contributed by atoms with Crippen molar-refractivity contribution in [3.05, 3.63) is 40.6 Å². The van der Waals surface area contributed by atoms with Crippen molar-refractivity contribution in [1.82, 2.24) is 15.3 Å². The van der Waals surface area contributed by atoms with Gasteiger partial charge in [0, 0.05) is 30.4 Å². The van der Waals surface area contributed by atoms with Gasteiger partial charge in [-0.05, 0) is 12.1 Å². The molecule has 68 valence electrons. The lowest BCUT2D eigenvalue weighted by molar-refractivity contribution is 0.673. The van der Waals surface area contributed by atoms with Crippen LogP contribution in [0.4, 0.5) is 0 Å². The molecule has 13 heavy (non-hydrogen) atoms. The van der Waals surface area contributed by atoms with Crippen molar-refractivity contribution in [3.8, 4) is 0 Å². The van der Waals surface area contributed by atoms with Gasteiger partial charge < -0.3 is 10.3 Å². The van der Waals surface area contributed by atoms with Gasteiger partial charge in [-0.2, -0.15) is 0 Å². The number of aromatic nitrogens is 2. The average molecular weight is 193 g/mol. The Hall–Kier alpha value is -1.13.